The summed E-state index contributed by atoms with van der Waals surface area (Å²) in [5, 5.41) is 8.23. The second-order valence-corrected chi connectivity index (χ2v) is 5.27. The molecule has 2 heterocycles. The van der Waals surface area contributed by atoms with Crippen LogP contribution in [0.3, 0.4) is 0 Å². The highest BCUT2D eigenvalue weighted by molar-refractivity contribution is 7.20. The van der Waals surface area contributed by atoms with Crippen LogP contribution in [0, 0.1) is 6.92 Å². The molecule has 3 rings (SSSR count). The molecule has 2 aromatic heterocycles. The number of hydrogen-bond donors (Lipinski definition) is 1. The van der Waals surface area contributed by atoms with Crippen LogP contribution in [0.4, 0.5) is 0 Å². The van der Waals surface area contributed by atoms with Gasteiger partial charge in [0, 0.05) is 12.4 Å². The fourth-order valence-corrected chi connectivity index (χ4v) is 3.16. The van der Waals surface area contributed by atoms with E-state index in [2.05, 4.69) is 10.4 Å². The average molecular weight is 271 g/mol. The van der Waals surface area contributed by atoms with Crippen LogP contribution in [0.5, 0.6) is 0 Å². The molecule has 0 fully saturated rings. The van der Waals surface area contributed by atoms with Gasteiger partial charge in [-0.2, -0.15) is 5.10 Å². The Morgan fingerprint density at radius 2 is 2.05 bits per heavy atom. The maximum Gasteiger partial charge on any atom is 0.261 e. The molecule has 3 aromatic rings. The highest BCUT2D eigenvalue weighted by atomic mass is 32.1. The molecule has 0 aliphatic carbocycles. The number of amides is 1. The topological polar surface area (TPSA) is 46.9 Å². The minimum atomic E-state index is -0.0554. The number of nitrogens with one attached hydrogen (secondary N) is 1. The zero-order valence-electron chi connectivity index (χ0n) is 10.7. The number of carbonyl (C=O) groups excluding carboxylic acids is 1. The van der Waals surface area contributed by atoms with Gasteiger partial charge in [-0.25, -0.2) is 4.68 Å². The number of hydrogen-bond acceptors (Lipinski definition) is 3. The highest BCUT2D eigenvalue weighted by Gasteiger charge is 2.16. The van der Waals surface area contributed by atoms with Gasteiger partial charge < -0.3 is 5.32 Å². The van der Waals surface area contributed by atoms with Crippen LogP contribution in [0.2, 0.25) is 0 Å². The quantitative estimate of drug-likeness (QED) is 0.779. The fraction of sp³-hybridized carbons (Fsp3) is 0.143. The Hall–Kier alpha value is -2.14. The summed E-state index contributed by atoms with van der Waals surface area (Å²) in [5.74, 6) is -0.0554. The van der Waals surface area contributed by atoms with E-state index in [-0.39, 0.29) is 5.91 Å². The lowest BCUT2D eigenvalue weighted by molar-refractivity contribution is 0.0967. The fourth-order valence-electron chi connectivity index (χ4n) is 2.03. The number of thiophene rings is 1. The van der Waals surface area contributed by atoms with E-state index < -0.39 is 0 Å². The first kappa shape index (κ1) is 11.9. The van der Waals surface area contributed by atoms with Crippen molar-refractivity contribution in [3.8, 4) is 5.69 Å². The molecule has 0 radical (unpaired) electrons. The van der Waals surface area contributed by atoms with E-state index in [1.807, 2.05) is 48.0 Å². The first-order valence-electron chi connectivity index (χ1n) is 5.97. The van der Waals surface area contributed by atoms with Crippen molar-refractivity contribution in [2.24, 2.45) is 0 Å². The van der Waals surface area contributed by atoms with Crippen LogP contribution in [0.1, 0.15) is 15.4 Å². The zero-order valence-corrected chi connectivity index (χ0v) is 11.5. The van der Waals surface area contributed by atoms with Crippen molar-refractivity contribution in [3.05, 3.63) is 47.0 Å². The van der Waals surface area contributed by atoms with Gasteiger partial charge in [0.05, 0.1) is 16.3 Å². The maximum atomic E-state index is 11.7. The van der Waals surface area contributed by atoms with Crippen LogP contribution in [0.15, 0.2) is 36.4 Å². The summed E-state index contributed by atoms with van der Waals surface area (Å²) in [6.07, 6.45) is 0. The highest BCUT2D eigenvalue weighted by Crippen LogP contribution is 2.30. The molecular weight excluding hydrogens is 258 g/mol. The normalized spacial score (nSPS) is 10.8. The van der Waals surface area contributed by atoms with Crippen molar-refractivity contribution in [2.75, 3.05) is 7.05 Å². The van der Waals surface area contributed by atoms with E-state index in [0.29, 0.717) is 4.88 Å². The molecule has 0 bridgehead atoms. The Labute approximate surface area is 114 Å². The van der Waals surface area contributed by atoms with Gasteiger partial charge in [0.1, 0.15) is 4.83 Å². The molecule has 4 nitrogen and oxygen atoms in total. The largest absolute Gasteiger partial charge is 0.354 e. The number of carbonyl (C=O) groups is 1. The van der Waals surface area contributed by atoms with E-state index in [9.17, 15) is 4.79 Å². The SMILES string of the molecule is CNC(=O)c1cc2c(C)nn(-c3ccccc3)c2s1. The van der Waals surface area contributed by atoms with Crippen molar-refractivity contribution in [2.45, 2.75) is 6.92 Å². The molecule has 0 aliphatic rings. The van der Waals surface area contributed by atoms with Gasteiger partial charge in [0.2, 0.25) is 0 Å². The number of fused-ring (bicyclic) bond motifs is 1. The predicted molar refractivity (Wildman–Crippen MR) is 77.1 cm³/mol. The maximum absolute atomic E-state index is 11.7. The van der Waals surface area contributed by atoms with E-state index in [0.717, 1.165) is 21.6 Å². The number of rotatable bonds is 2. The van der Waals surface area contributed by atoms with Crippen molar-refractivity contribution < 1.29 is 4.79 Å². The number of para-hydroxylation sites is 1. The van der Waals surface area contributed by atoms with Crippen LogP contribution < -0.4 is 5.32 Å². The van der Waals surface area contributed by atoms with E-state index in [1.54, 1.807) is 7.05 Å². The van der Waals surface area contributed by atoms with Crippen molar-refractivity contribution in [1.29, 1.82) is 0 Å². The molecule has 0 spiro atoms. The number of aromatic nitrogens is 2. The van der Waals surface area contributed by atoms with Gasteiger partial charge >= 0.3 is 0 Å². The molecule has 19 heavy (non-hydrogen) atoms. The molecule has 5 heteroatoms. The van der Waals surface area contributed by atoms with Crippen LogP contribution >= 0.6 is 11.3 Å². The summed E-state index contributed by atoms with van der Waals surface area (Å²) in [7, 11) is 1.64. The van der Waals surface area contributed by atoms with Crippen molar-refractivity contribution in [3.63, 3.8) is 0 Å². The summed E-state index contributed by atoms with van der Waals surface area (Å²) >= 11 is 1.46. The Morgan fingerprint density at radius 1 is 1.32 bits per heavy atom. The summed E-state index contributed by atoms with van der Waals surface area (Å²) in [6.45, 7) is 1.96. The lowest BCUT2D eigenvalue weighted by Gasteiger charge is -2.00. The molecule has 0 atom stereocenters. The standard InChI is InChI=1S/C14H13N3OS/c1-9-11-8-12(13(18)15-2)19-14(11)17(16-9)10-6-4-3-5-7-10/h3-8H,1-2H3,(H,15,18). The Kier molecular flexibility index (Phi) is 2.83. The second kappa shape index (κ2) is 4.51. The van der Waals surface area contributed by atoms with E-state index >= 15 is 0 Å². The molecule has 0 saturated heterocycles. The minimum Gasteiger partial charge on any atom is -0.354 e. The number of nitrogens with zero attached hydrogens (tertiary/aromatic N) is 2. The molecule has 1 aromatic carbocycles. The van der Waals surface area contributed by atoms with E-state index in [1.165, 1.54) is 11.3 Å². The smallest absolute Gasteiger partial charge is 0.261 e. The van der Waals surface area contributed by atoms with Crippen LogP contribution in [-0.2, 0) is 0 Å². The molecule has 1 amide bonds. The third kappa shape index (κ3) is 1.92. The lowest BCUT2D eigenvalue weighted by atomic mass is 10.3. The Balaban J connectivity index is 2.21. The third-order valence-electron chi connectivity index (χ3n) is 3.00. The summed E-state index contributed by atoms with van der Waals surface area (Å²) in [5.41, 5.74) is 1.94. The van der Waals surface area contributed by atoms with E-state index in [4.69, 9.17) is 0 Å². The van der Waals surface area contributed by atoms with Gasteiger partial charge in [0.25, 0.3) is 5.91 Å². The molecule has 1 N–H and O–H groups in total. The van der Waals surface area contributed by atoms with Gasteiger partial charge in [-0.1, -0.05) is 18.2 Å². The first-order valence-corrected chi connectivity index (χ1v) is 6.79. The van der Waals surface area contributed by atoms with Crippen molar-refractivity contribution in [1.82, 2.24) is 15.1 Å². The predicted octanol–water partition coefficient (Wildman–Crippen LogP) is 2.76. The molecule has 0 unspecified atom stereocenters. The zero-order chi connectivity index (χ0) is 13.4. The van der Waals surface area contributed by atoms with Crippen LogP contribution in [0.25, 0.3) is 15.9 Å². The first-order chi connectivity index (χ1) is 9.20. The summed E-state index contributed by atoms with van der Waals surface area (Å²) in [6, 6.07) is 11.8. The molecule has 0 saturated carbocycles. The molecule has 0 aliphatic heterocycles. The molecular formula is C14H13N3OS. The number of aryl methyl sites for hydroxylation is 1. The number of benzene rings is 1. The van der Waals surface area contributed by atoms with Gasteiger partial charge in [-0.15, -0.1) is 11.3 Å². The monoisotopic (exact) mass is 271 g/mol. The molecule has 96 valence electrons. The van der Waals surface area contributed by atoms with Gasteiger partial charge in [-0.05, 0) is 25.1 Å². The Morgan fingerprint density at radius 3 is 2.74 bits per heavy atom. The average Bonchev–Trinajstić information content (AvgIpc) is 3.00. The van der Waals surface area contributed by atoms with Crippen LogP contribution in [-0.4, -0.2) is 22.7 Å². The summed E-state index contributed by atoms with van der Waals surface area (Å²) in [4.78, 5) is 13.4. The Bertz CT molecular complexity index is 743. The summed E-state index contributed by atoms with van der Waals surface area (Å²) < 4.78 is 1.89. The van der Waals surface area contributed by atoms with Gasteiger partial charge in [-0.3, -0.25) is 4.79 Å². The van der Waals surface area contributed by atoms with Crippen molar-refractivity contribution >= 4 is 27.5 Å². The third-order valence-corrected chi connectivity index (χ3v) is 4.11. The van der Waals surface area contributed by atoms with Gasteiger partial charge in [0.15, 0.2) is 0 Å². The lowest BCUT2D eigenvalue weighted by Crippen LogP contribution is -2.16. The minimum absolute atomic E-state index is 0.0554. The second-order valence-electron chi connectivity index (χ2n) is 4.24.